The van der Waals surface area contributed by atoms with Gasteiger partial charge in [0.05, 0.1) is 5.69 Å². The lowest BCUT2D eigenvalue weighted by atomic mass is 9.94. The van der Waals surface area contributed by atoms with Crippen LogP contribution in [0.3, 0.4) is 0 Å². The Morgan fingerprint density at radius 2 is 2.16 bits per heavy atom. The smallest absolute Gasteiger partial charge is 0.261 e. The van der Waals surface area contributed by atoms with E-state index in [1.165, 1.54) is 17.8 Å². The summed E-state index contributed by atoms with van der Waals surface area (Å²) >= 11 is 1.24. The lowest BCUT2D eigenvalue weighted by Gasteiger charge is -2.32. The van der Waals surface area contributed by atoms with Gasteiger partial charge in [-0.15, -0.1) is 11.3 Å². The van der Waals surface area contributed by atoms with E-state index in [0.29, 0.717) is 10.4 Å². The number of nitriles is 1. The Balaban J connectivity index is 2.28. The summed E-state index contributed by atoms with van der Waals surface area (Å²) in [5.41, 5.74) is 11.8. The standard InChI is InChI=1S/C13H18N4OS/c1-2-8-3-5-17(6-4-8)13-9(7-14)10(15)11(19-13)12(16)18/h8H,2-6,15H2,1H3,(H2,16,18). The molecule has 1 aliphatic rings. The van der Waals surface area contributed by atoms with Crippen molar-refractivity contribution in [2.75, 3.05) is 23.7 Å². The van der Waals surface area contributed by atoms with Crippen molar-refractivity contribution < 1.29 is 4.79 Å². The quantitative estimate of drug-likeness (QED) is 0.883. The molecule has 0 aromatic carbocycles. The first kappa shape index (κ1) is 13.7. The van der Waals surface area contributed by atoms with E-state index in [1.54, 1.807) is 0 Å². The number of hydrogen-bond donors (Lipinski definition) is 2. The summed E-state index contributed by atoms with van der Waals surface area (Å²) in [6.07, 6.45) is 3.42. The molecule has 19 heavy (non-hydrogen) atoms. The average Bonchev–Trinajstić information content (AvgIpc) is 2.76. The van der Waals surface area contributed by atoms with Crippen molar-refractivity contribution in [3.8, 4) is 6.07 Å². The summed E-state index contributed by atoms with van der Waals surface area (Å²) in [4.78, 5) is 13.8. The number of nitrogens with two attached hydrogens (primary N) is 2. The highest BCUT2D eigenvalue weighted by Crippen LogP contribution is 2.39. The van der Waals surface area contributed by atoms with Gasteiger partial charge in [-0.25, -0.2) is 0 Å². The Hall–Kier alpha value is -1.74. The van der Waals surface area contributed by atoms with Crippen LogP contribution < -0.4 is 16.4 Å². The number of nitrogen functional groups attached to an aromatic ring is 1. The van der Waals surface area contributed by atoms with Gasteiger partial charge in [0, 0.05) is 13.1 Å². The predicted molar refractivity (Wildman–Crippen MR) is 77.2 cm³/mol. The number of carbonyl (C=O) groups excluding carboxylic acids is 1. The van der Waals surface area contributed by atoms with Gasteiger partial charge in [-0.1, -0.05) is 13.3 Å². The van der Waals surface area contributed by atoms with Gasteiger partial charge in [0.2, 0.25) is 0 Å². The molecule has 2 rings (SSSR count). The Kier molecular flexibility index (Phi) is 3.96. The molecule has 0 atom stereocenters. The third-order valence-electron chi connectivity index (χ3n) is 3.74. The van der Waals surface area contributed by atoms with Crippen LogP contribution in [0.15, 0.2) is 0 Å². The normalized spacial score (nSPS) is 16.3. The van der Waals surface area contributed by atoms with Gasteiger partial charge in [0.1, 0.15) is 21.5 Å². The monoisotopic (exact) mass is 278 g/mol. The molecule has 4 N–H and O–H groups in total. The molecule has 5 nitrogen and oxygen atoms in total. The Morgan fingerprint density at radius 1 is 1.53 bits per heavy atom. The summed E-state index contributed by atoms with van der Waals surface area (Å²) in [5.74, 6) is 0.198. The number of hydrogen-bond acceptors (Lipinski definition) is 5. The van der Waals surface area contributed by atoms with Crippen molar-refractivity contribution in [3.05, 3.63) is 10.4 Å². The fourth-order valence-corrected chi connectivity index (χ4v) is 3.56. The highest BCUT2D eigenvalue weighted by Gasteiger charge is 2.26. The Morgan fingerprint density at radius 3 is 2.63 bits per heavy atom. The van der Waals surface area contributed by atoms with Crippen LogP contribution in [0.4, 0.5) is 10.7 Å². The minimum Gasteiger partial charge on any atom is -0.396 e. The SMILES string of the molecule is CCC1CCN(c2sc(C(N)=O)c(N)c2C#N)CC1. The van der Waals surface area contributed by atoms with Crippen LogP contribution in [0.1, 0.15) is 41.4 Å². The average molecular weight is 278 g/mol. The molecule has 1 aromatic rings. The zero-order chi connectivity index (χ0) is 14.0. The molecule has 1 saturated heterocycles. The van der Waals surface area contributed by atoms with E-state index in [4.69, 9.17) is 11.5 Å². The van der Waals surface area contributed by atoms with Crippen LogP contribution in [0.5, 0.6) is 0 Å². The second kappa shape index (κ2) is 5.49. The zero-order valence-corrected chi connectivity index (χ0v) is 11.8. The van der Waals surface area contributed by atoms with Gasteiger partial charge in [-0.2, -0.15) is 5.26 Å². The van der Waals surface area contributed by atoms with Crippen molar-refractivity contribution in [1.82, 2.24) is 0 Å². The topological polar surface area (TPSA) is 96.1 Å². The fraction of sp³-hybridized carbons (Fsp3) is 0.538. The molecule has 1 aromatic heterocycles. The second-order valence-electron chi connectivity index (χ2n) is 4.84. The minimum atomic E-state index is -0.561. The number of nitrogens with zero attached hydrogens (tertiary/aromatic N) is 2. The van der Waals surface area contributed by atoms with Gasteiger partial charge in [0.15, 0.2) is 0 Å². The first-order valence-corrected chi connectivity index (χ1v) is 7.27. The molecule has 0 saturated carbocycles. The van der Waals surface area contributed by atoms with E-state index < -0.39 is 5.91 Å². The van der Waals surface area contributed by atoms with Crippen LogP contribution in [0.25, 0.3) is 0 Å². The molecule has 0 aliphatic carbocycles. The van der Waals surface area contributed by atoms with Crippen LogP contribution in [0.2, 0.25) is 0 Å². The van der Waals surface area contributed by atoms with Crippen molar-refractivity contribution in [2.24, 2.45) is 11.7 Å². The van der Waals surface area contributed by atoms with E-state index in [1.807, 2.05) is 0 Å². The van der Waals surface area contributed by atoms with Crippen LogP contribution in [-0.2, 0) is 0 Å². The van der Waals surface area contributed by atoms with Gasteiger partial charge in [-0.05, 0) is 18.8 Å². The highest BCUT2D eigenvalue weighted by molar-refractivity contribution is 7.19. The molecule has 0 unspecified atom stereocenters. The largest absolute Gasteiger partial charge is 0.396 e. The summed E-state index contributed by atoms with van der Waals surface area (Å²) in [6, 6.07) is 2.10. The van der Waals surface area contributed by atoms with E-state index in [2.05, 4.69) is 17.9 Å². The van der Waals surface area contributed by atoms with Gasteiger partial charge < -0.3 is 16.4 Å². The second-order valence-corrected chi connectivity index (χ2v) is 5.84. The number of piperidine rings is 1. The third-order valence-corrected chi connectivity index (χ3v) is 5.02. The van der Waals surface area contributed by atoms with E-state index in [0.717, 1.165) is 36.9 Å². The maximum atomic E-state index is 11.3. The third kappa shape index (κ3) is 2.51. The highest BCUT2D eigenvalue weighted by atomic mass is 32.1. The molecule has 1 fully saturated rings. The number of thiophene rings is 1. The molecule has 2 heterocycles. The molecule has 102 valence electrons. The Bertz CT molecular complexity index is 523. The molecule has 0 radical (unpaired) electrons. The van der Waals surface area contributed by atoms with E-state index in [9.17, 15) is 10.1 Å². The molecule has 6 heteroatoms. The number of rotatable bonds is 3. The summed E-state index contributed by atoms with van der Waals surface area (Å²) < 4.78 is 0. The zero-order valence-electron chi connectivity index (χ0n) is 11.0. The lowest BCUT2D eigenvalue weighted by molar-refractivity contribution is 0.100. The van der Waals surface area contributed by atoms with Crippen molar-refractivity contribution >= 4 is 27.9 Å². The van der Waals surface area contributed by atoms with Crippen molar-refractivity contribution in [1.29, 1.82) is 5.26 Å². The molecule has 0 bridgehead atoms. The Labute approximate surface area is 116 Å². The van der Waals surface area contributed by atoms with Crippen LogP contribution in [-0.4, -0.2) is 19.0 Å². The maximum absolute atomic E-state index is 11.3. The molecule has 1 amide bonds. The number of carbonyl (C=O) groups is 1. The number of primary amides is 1. The van der Waals surface area contributed by atoms with Crippen molar-refractivity contribution in [3.63, 3.8) is 0 Å². The van der Waals surface area contributed by atoms with Crippen molar-refractivity contribution in [2.45, 2.75) is 26.2 Å². The van der Waals surface area contributed by atoms with Crippen LogP contribution in [0, 0.1) is 17.2 Å². The maximum Gasteiger partial charge on any atom is 0.261 e. The lowest BCUT2D eigenvalue weighted by Crippen LogP contribution is -2.33. The molecule has 0 spiro atoms. The molecular formula is C13H18N4OS. The summed E-state index contributed by atoms with van der Waals surface area (Å²) in [5, 5.41) is 10.0. The predicted octanol–water partition coefficient (Wildman–Crippen LogP) is 1.93. The molecule has 1 aliphatic heterocycles. The first-order chi connectivity index (χ1) is 9.08. The van der Waals surface area contributed by atoms with Gasteiger partial charge in [0.25, 0.3) is 5.91 Å². The van der Waals surface area contributed by atoms with E-state index >= 15 is 0 Å². The summed E-state index contributed by atoms with van der Waals surface area (Å²) in [7, 11) is 0. The summed E-state index contributed by atoms with van der Waals surface area (Å²) in [6.45, 7) is 4.02. The van der Waals surface area contributed by atoms with E-state index in [-0.39, 0.29) is 5.69 Å². The first-order valence-electron chi connectivity index (χ1n) is 6.45. The number of anilines is 2. The molecular weight excluding hydrogens is 260 g/mol. The fourth-order valence-electron chi connectivity index (χ4n) is 2.49. The van der Waals surface area contributed by atoms with Gasteiger partial charge in [-0.3, -0.25) is 4.79 Å². The van der Waals surface area contributed by atoms with Gasteiger partial charge >= 0.3 is 0 Å². The number of amides is 1. The van der Waals surface area contributed by atoms with Crippen LogP contribution >= 0.6 is 11.3 Å². The minimum absolute atomic E-state index is 0.229.